The van der Waals surface area contributed by atoms with Crippen LogP contribution < -0.4 is 4.90 Å². The largest absolute Gasteiger partial charge is 0.456 e. The topological polar surface area (TPSA) is 42.4 Å². The van der Waals surface area contributed by atoms with E-state index in [9.17, 15) is 0 Å². The van der Waals surface area contributed by atoms with Crippen LogP contribution in [0.25, 0.3) is 97.3 Å². The van der Waals surface area contributed by atoms with Crippen LogP contribution in [-0.4, -0.2) is 4.98 Å². The molecule has 5 heteroatoms. The van der Waals surface area contributed by atoms with E-state index in [4.69, 9.17) is 13.8 Å². The number of fused-ring (bicyclic) bond motifs is 9. The molecule has 262 valence electrons. The van der Waals surface area contributed by atoms with E-state index in [1.807, 2.05) is 30.3 Å². The summed E-state index contributed by atoms with van der Waals surface area (Å²) in [7, 11) is 0. The van der Waals surface area contributed by atoms with E-state index in [-0.39, 0.29) is 0 Å². The van der Waals surface area contributed by atoms with Gasteiger partial charge >= 0.3 is 0 Å². The Hall–Kier alpha value is -7.21. The smallest absolute Gasteiger partial charge is 0.136 e. The maximum absolute atomic E-state index is 6.24. The lowest BCUT2D eigenvalue weighted by Crippen LogP contribution is -2.09. The second kappa shape index (κ2) is 12.2. The normalized spacial score (nSPS) is 11.9. The monoisotopic (exact) mass is 734 g/mol. The summed E-state index contributed by atoms with van der Waals surface area (Å²) in [5.74, 6) is 0. The molecule has 0 amide bonds. The average molecular weight is 735 g/mol. The number of furan rings is 2. The van der Waals surface area contributed by atoms with Crippen LogP contribution >= 0.6 is 11.3 Å². The van der Waals surface area contributed by atoms with E-state index in [1.165, 1.54) is 4.70 Å². The second-order valence-electron chi connectivity index (χ2n) is 14.4. The predicted molar refractivity (Wildman–Crippen MR) is 235 cm³/mol. The summed E-state index contributed by atoms with van der Waals surface area (Å²) in [6.45, 7) is 0. The van der Waals surface area contributed by atoms with E-state index < -0.39 is 0 Å². The van der Waals surface area contributed by atoms with Gasteiger partial charge in [0.1, 0.15) is 27.3 Å². The fraction of sp³-hybridized carbons (Fsp3) is 0. The predicted octanol–water partition coefficient (Wildman–Crippen LogP) is 15.2. The highest BCUT2D eigenvalue weighted by molar-refractivity contribution is 7.21. The summed E-state index contributed by atoms with van der Waals surface area (Å²) >= 11 is 1.73. The molecule has 56 heavy (non-hydrogen) atoms. The number of hydrogen-bond donors (Lipinski definition) is 0. The van der Waals surface area contributed by atoms with Crippen molar-refractivity contribution in [1.29, 1.82) is 0 Å². The highest BCUT2D eigenvalue weighted by Gasteiger charge is 2.17. The van der Waals surface area contributed by atoms with E-state index in [0.717, 1.165) is 110 Å². The minimum atomic E-state index is 0.902. The van der Waals surface area contributed by atoms with Gasteiger partial charge in [0, 0.05) is 44.2 Å². The molecule has 3 aromatic heterocycles. The number of aromatic nitrogens is 1. The Morgan fingerprint density at radius 2 is 0.875 bits per heavy atom. The number of nitrogens with zero attached hydrogens (tertiary/aromatic N) is 2. The SMILES string of the molecule is c1ccc2sc(-c3ccc(-c4ccc(N(c5ccc6cc7oc8ccccc8c7cc6c5)c5ccc6cc7oc8ccccc8c7cc6c5)cc4)cc3)nc2c1. The van der Waals surface area contributed by atoms with Gasteiger partial charge in [-0.15, -0.1) is 11.3 Å². The Labute approximate surface area is 325 Å². The quantitative estimate of drug-likeness (QED) is 0.177. The third-order valence-electron chi connectivity index (χ3n) is 11.0. The lowest BCUT2D eigenvalue weighted by Gasteiger charge is -2.26. The Kier molecular flexibility index (Phi) is 6.76. The standard InChI is InChI=1S/C51H30N2O2S/c1-4-10-46-41(7-1)43-27-36-25-39(23-19-34(36)29-48(43)54-46)53(40-24-20-35-30-49-44(28-37(35)26-40)42-8-2-5-11-47(42)55-49)38-21-17-32(18-22-38)31-13-15-33(16-14-31)51-52-45-9-3-6-12-50(45)56-51/h1-30H. The summed E-state index contributed by atoms with van der Waals surface area (Å²) in [5.41, 5.74) is 11.3. The first-order valence-corrected chi connectivity index (χ1v) is 19.6. The third-order valence-corrected chi connectivity index (χ3v) is 12.1. The number of para-hydroxylation sites is 3. The summed E-state index contributed by atoms with van der Waals surface area (Å²) < 4.78 is 13.7. The van der Waals surface area contributed by atoms with Gasteiger partial charge in [-0.05, 0) is 118 Å². The number of thiazole rings is 1. The molecule has 0 radical (unpaired) electrons. The molecule has 0 aliphatic heterocycles. The molecule has 0 fully saturated rings. The minimum absolute atomic E-state index is 0.902. The van der Waals surface area contributed by atoms with Crippen molar-refractivity contribution in [2.45, 2.75) is 0 Å². The van der Waals surface area contributed by atoms with Crippen molar-refractivity contribution in [3.05, 3.63) is 182 Å². The van der Waals surface area contributed by atoms with Crippen LogP contribution in [0.1, 0.15) is 0 Å². The van der Waals surface area contributed by atoms with Crippen LogP contribution in [-0.2, 0) is 0 Å². The van der Waals surface area contributed by atoms with E-state index in [1.54, 1.807) is 11.3 Å². The molecule has 0 spiro atoms. The van der Waals surface area contributed by atoms with Crippen molar-refractivity contribution in [2.75, 3.05) is 4.90 Å². The van der Waals surface area contributed by atoms with Gasteiger partial charge in [0.2, 0.25) is 0 Å². The summed E-state index contributed by atoms with van der Waals surface area (Å²) in [5, 5.41) is 10.1. The number of anilines is 3. The Morgan fingerprint density at radius 1 is 0.375 bits per heavy atom. The average Bonchev–Trinajstić information content (AvgIpc) is 3.95. The van der Waals surface area contributed by atoms with Gasteiger partial charge < -0.3 is 13.7 Å². The fourth-order valence-electron chi connectivity index (χ4n) is 8.24. The Bertz CT molecular complexity index is 3300. The maximum Gasteiger partial charge on any atom is 0.136 e. The maximum atomic E-state index is 6.24. The molecule has 0 unspecified atom stereocenters. The molecule has 4 nitrogen and oxygen atoms in total. The van der Waals surface area contributed by atoms with Gasteiger partial charge in [-0.3, -0.25) is 0 Å². The number of rotatable bonds is 5. The van der Waals surface area contributed by atoms with Gasteiger partial charge in [0.25, 0.3) is 0 Å². The molecule has 0 bridgehead atoms. The van der Waals surface area contributed by atoms with Crippen molar-refractivity contribution in [1.82, 2.24) is 4.98 Å². The Morgan fingerprint density at radius 3 is 1.46 bits per heavy atom. The molecule has 0 atom stereocenters. The highest BCUT2D eigenvalue weighted by atomic mass is 32.1. The molecule has 12 rings (SSSR count). The van der Waals surface area contributed by atoms with E-state index in [0.29, 0.717) is 0 Å². The molecule has 0 aliphatic rings. The zero-order valence-electron chi connectivity index (χ0n) is 29.9. The highest BCUT2D eigenvalue weighted by Crippen LogP contribution is 2.41. The first-order chi connectivity index (χ1) is 27.7. The van der Waals surface area contributed by atoms with Crippen LogP contribution in [0.4, 0.5) is 17.1 Å². The van der Waals surface area contributed by atoms with Gasteiger partial charge in [0.05, 0.1) is 10.2 Å². The van der Waals surface area contributed by atoms with Crippen LogP contribution in [0.2, 0.25) is 0 Å². The van der Waals surface area contributed by atoms with Gasteiger partial charge in [-0.2, -0.15) is 0 Å². The second-order valence-corrected chi connectivity index (χ2v) is 15.4. The minimum Gasteiger partial charge on any atom is -0.456 e. The molecule has 3 heterocycles. The number of hydrogen-bond acceptors (Lipinski definition) is 5. The molecule has 9 aromatic carbocycles. The van der Waals surface area contributed by atoms with Crippen LogP contribution in [0.5, 0.6) is 0 Å². The van der Waals surface area contributed by atoms with Crippen LogP contribution in [0.3, 0.4) is 0 Å². The molecule has 0 saturated carbocycles. The van der Waals surface area contributed by atoms with Crippen molar-refractivity contribution in [3.63, 3.8) is 0 Å². The molecule has 0 N–H and O–H groups in total. The van der Waals surface area contributed by atoms with Crippen molar-refractivity contribution >= 4 is 104 Å². The fourth-order valence-corrected chi connectivity index (χ4v) is 9.21. The molecular formula is C51H30N2O2S. The zero-order valence-corrected chi connectivity index (χ0v) is 30.8. The molecule has 0 aliphatic carbocycles. The summed E-state index contributed by atoms with van der Waals surface area (Å²) in [6.07, 6.45) is 0. The summed E-state index contributed by atoms with van der Waals surface area (Å²) in [6, 6.07) is 64.7. The van der Waals surface area contributed by atoms with E-state index in [2.05, 4.69) is 157 Å². The Balaban J connectivity index is 0.972. The van der Waals surface area contributed by atoms with Crippen LogP contribution in [0.15, 0.2) is 191 Å². The zero-order chi connectivity index (χ0) is 36.7. The molecule has 12 aromatic rings. The molecule has 0 saturated heterocycles. The first kappa shape index (κ1) is 31.2. The van der Waals surface area contributed by atoms with Crippen molar-refractivity contribution < 1.29 is 8.83 Å². The lowest BCUT2D eigenvalue weighted by atomic mass is 10.0. The first-order valence-electron chi connectivity index (χ1n) is 18.8. The summed E-state index contributed by atoms with van der Waals surface area (Å²) in [4.78, 5) is 7.22. The molecular weight excluding hydrogens is 705 g/mol. The van der Waals surface area contributed by atoms with Crippen molar-refractivity contribution in [2.24, 2.45) is 0 Å². The van der Waals surface area contributed by atoms with Gasteiger partial charge in [-0.25, -0.2) is 4.98 Å². The number of benzene rings is 9. The van der Waals surface area contributed by atoms with E-state index >= 15 is 0 Å². The van der Waals surface area contributed by atoms with Crippen molar-refractivity contribution in [3.8, 4) is 21.7 Å². The van der Waals surface area contributed by atoms with Gasteiger partial charge in [-0.1, -0.05) is 97.1 Å². The lowest BCUT2D eigenvalue weighted by molar-refractivity contribution is 0.669. The van der Waals surface area contributed by atoms with Crippen LogP contribution in [0, 0.1) is 0 Å². The van der Waals surface area contributed by atoms with Gasteiger partial charge in [0.15, 0.2) is 0 Å². The third kappa shape index (κ3) is 5.02.